The number of ether oxygens (including phenoxy) is 1. The number of halogens is 1. The Kier molecular flexibility index (Phi) is 3.89. The topological polar surface area (TPSA) is 35.2 Å². The van der Waals surface area contributed by atoms with Crippen molar-refractivity contribution in [1.29, 1.82) is 0 Å². The molecule has 0 heterocycles. The molecule has 1 rings (SSSR count). The van der Waals surface area contributed by atoms with Crippen LogP contribution in [0.4, 0.5) is 4.39 Å². The molecule has 1 atom stereocenters. The standard InChI is InChI=1S/C11H16FNO/c1-8(13)6-9-4-3-5-11(14-2)10(9)7-12/h3-5,8H,6-7,13H2,1-2H3. The van der Waals surface area contributed by atoms with Crippen molar-refractivity contribution in [2.75, 3.05) is 7.11 Å². The number of rotatable bonds is 4. The summed E-state index contributed by atoms with van der Waals surface area (Å²) in [5.74, 6) is 0.602. The molecule has 0 amide bonds. The monoisotopic (exact) mass is 197 g/mol. The van der Waals surface area contributed by atoms with Crippen molar-refractivity contribution < 1.29 is 9.13 Å². The maximum Gasteiger partial charge on any atom is 0.124 e. The van der Waals surface area contributed by atoms with Crippen LogP contribution in [0.5, 0.6) is 5.75 Å². The van der Waals surface area contributed by atoms with Gasteiger partial charge in [0.05, 0.1) is 7.11 Å². The molecule has 1 unspecified atom stereocenters. The maximum atomic E-state index is 12.8. The van der Waals surface area contributed by atoms with Gasteiger partial charge in [-0.2, -0.15) is 0 Å². The zero-order valence-corrected chi connectivity index (χ0v) is 8.59. The van der Waals surface area contributed by atoms with Crippen molar-refractivity contribution in [2.45, 2.75) is 26.1 Å². The van der Waals surface area contributed by atoms with Crippen LogP contribution < -0.4 is 10.5 Å². The first-order valence-electron chi connectivity index (χ1n) is 4.65. The van der Waals surface area contributed by atoms with Crippen LogP contribution in [0.25, 0.3) is 0 Å². The molecule has 2 N–H and O–H groups in total. The zero-order chi connectivity index (χ0) is 10.6. The van der Waals surface area contributed by atoms with Gasteiger partial charge in [-0.25, -0.2) is 4.39 Å². The highest BCUT2D eigenvalue weighted by Crippen LogP contribution is 2.23. The molecule has 0 bridgehead atoms. The lowest BCUT2D eigenvalue weighted by atomic mass is 10.0. The van der Waals surface area contributed by atoms with Gasteiger partial charge in [-0.05, 0) is 25.0 Å². The fourth-order valence-corrected chi connectivity index (χ4v) is 1.49. The minimum atomic E-state index is -0.508. The Morgan fingerprint density at radius 3 is 2.71 bits per heavy atom. The highest BCUT2D eigenvalue weighted by atomic mass is 19.1. The Morgan fingerprint density at radius 1 is 1.50 bits per heavy atom. The fraction of sp³-hybridized carbons (Fsp3) is 0.455. The normalized spacial score (nSPS) is 12.6. The molecule has 2 nitrogen and oxygen atoms in total. The minimum Gasteiger partial charge on any atom is -0.496 e. The van der Waals surface area contributed by atoms with Crippen LogP contribution in [0, 0.1) is 0 Å². The van der Waals surface area contributed by atoms with E-state index in [2.05, 4.69) is 0 Å². The second-order valence-electron chi connectivity index (χ2n) is 3.41. The van der Waals surface area contributed by atoms with Gasteiger partial charge in [-0.15, -0.1) is 0 Å². The van der Waals surface area contributed by atoms with Crippen LogP contribution in [0.1, 0.15) is 18.1 Å². The van der Waals surface area contributed by atoms with Crippen molar-refractivity contribution in [2.24, 2.45) is 5.73 Å². The third-order valence-corrected chi connectivity index (χ3v) is 2.13. The third kappa shape index (κ3) is 2.45. The second-order valence-corrected chi connectivity index (χ2v) is 3.41. The summed E-state index contributed by atoms with van der Waals surface area (Å²) in [6, 6.07) is 5.54. The van der Waals surface area contributed by atoms with Gasteiger partial charge >= 0.3 is 0 Å². The lowest BCUT2D eigenvalue weighted by molar-refractivity contribution is 0.392. The predicted octanol–water partition coefficient (Wildman–Crippen LogP) is 2.05. The van der Waals surface area contributed by atoms with Crippen molar-refractivity contribution in [3.63, 3.8) is 0 Å². The molecule has 0 aliphatic heterocycles. The molecule has 0 aliphatic rings. The Morgan fingerprint density at radius 2 is 2.21 bits per heavy atom. The van der Waals surface area contributed by atoms with Gasteiger partial charge in [0.15, 0.2) is 0 Å². The third-order valence-electron chi connectivity index (χ3n) is 2.13. The van der Waals surface area contributed by atoms with Crippen molar-refractivity contribution in [3.05, 3.63) is 29.3 Å². The average Bonchev–Trinajstić information content (AvgIpc) is 2.16. The smallest absolute Gasteiger partial charge is 0.124 e. The number of benzene rings is 1. The molecule has 1 aromatic rings. The van der Waals surface area contributed by atoms with Gasteiger partial charge in [-0.1, -0.05) is 12.1 Å². The fourth-order valence-electron chi connectivity index (χ4n) is 1.49. The summed E-state index contributed by atoms with van der Waals surface area (Å²) < 4.78 is 17.8. The number of hydrogen-bond acceptors (Lipinski definition) is 2. The summed E-state index contributed by atoms with van der Waals surface area (Å²) in [6.07, 6.45) is 0.677. The molecular weight excluding hydrogens is 181 g/mol. The first kappa shape index (κ1) is 11.0. The van der Waals surface area contributed by atoms with E-state index in [1.54, 1.807) is 13.2 Å². The molecule has 0 saturated heterocycles. The van der Waals surface area contributed by atoms with Gasteiger partial charge in [-0.3, -0.25) is 0 Å². The Hall–Kier alpha value is -1.09. The van der Waals surface area contributed by atoms with Crippen LogP contribution in [0.3, 0.4) is 0 Å². The van der Waals surface area contributed by atoms with E-state index in [0.717, 1.165) is 5.56 Å². The molecule has 1 aromatic carbocycles. The van der Waals surface area contributed by atoms with Gasteiger partial charge in [0.1, 0.15) is 12.4 Å². The summed E-state index contributed by atoms with van der Waals surface area (Å²) in [5, 5.41) is 0. The summed E-state index contributed by atoms with van der Waals surface area (Å²) in [6.45, 7) is 1.40. The molecule has 0 saturated carbocycles. The molecular formula is C11H16FNO. The van der Waals surface area contributed by atoms with Crippen LogP contribution >= 0.6 is 0 Å². The zero-order valence-electron chi connectivity index (χ0n) is 8.59. The van der Waals surface area contributed by atoms with E-state index in [9.17, 15) is 4.39 Å². The average molecular weight is 197 g/mol. The van der Waals surface area contributed by atoms with Crippen molar-refractivity contribution in [3.8, 4) is 5.75 Å². The second kappa shape index (κ2) is 4.96. The molecule has 0 radical (unpaired) electrons. The first-order valence-corrected chi connectivity index (χ1v) is 4.65. The summed E-state index contributed by atoms with van der Waals surface area (Å²) in [5.41, 5.74) is 7.23. The number of hydrogen-bond donors (Lipinski definition) is 1. The maximum absolute atomic E-state index is 12.8. The summed E-state index contributed by atoms with van der Waals surface area (Å²) in [4.78, 5) is 0. The molecule has 3 heteroatoms. The summed E-state index contributed by atoms with van der Waals surface area (Å²) in [7, 11) is 1.55. The molecule has 0 spiro atoms. The lowest BCUT2D eigenvalue weighted by Gasteiger charge is -2.12. The van der Waals surface area contributed by atoms with Gasteiger partial charge in [0.2, 0.25) is 0 Å². The largest absolute Gasteiger partial charge is 0.496 e. The molecule has 0 fully saturated rings. The molecule has 0 aromatic heterocycles. The lowest BCUT2D eigenvalue weighted by Crippen LogP contribution is -2.18. The van der Waals surface area contributed by atoms with E-state index in [1.807, 2.05) is 19.1 Å². The molecule has 78 valence electrons. The Balaban J connectivity index is 3.02. The SMILES string of the molecule is COc1cccc(CC(C)N)c1CF. The predicted molar refractivity (Wildman–Crippen MR) is 55.2 cm³/mol. The van der Waals surface area contributed by atoms with E-state index in [-0.39, 0.29) is 6.04 Å². The highest BCUT2D eigenvalue weighted by molar-refractivity contribution is 5.40. The van der Waals surface area contributed by atoms with E-state index < -0.39 is 6.67 Å². The first-order chi connectivity index (χ1) is 6.69. The van der Waals surface area contributed by atoms with Crippen LogP contribution in [0.15, 0.2) is 18.2 Å². The number of nitrogens with two attached hydrogens (primary N) is 1. The van der Waals surface area contributed by atoms with Crippen molar-refractivity contribution >= 4 is 0 Å². The van der Waals surface area contributed by atoms with Crippen LogP contribution in [-0.2, 0) is 13.1 Å². The van der Waals surface area contributed by atoms with Crippen LogP contribution in [-0.4, -0.2) is 13.2 Å². The van der Waals surface area contributed by atoms with Gasteiger partial charge < -0.3 is 10.5 Å². The van der Waals surface area contributed by atoms with Crippen LogP contribution in [0.2, 0.25) is 0 Å². The van der Waals surface area contributed by atoms with E-state index in [0.29, 0.717) is 17.7 Å². The van der Waals surface area contributed by atoms with Gasteiger partial charge in [0.25, 0.3) is 0 Å². The Labute approximate surface area is 83.9 Å². The van der Waals surface area contributed by atoms with E-state index in [4.69, 9.17) is 10.5 Å². The van der Waals surface area contributed by atoms with E-state index in [1.165, 1.54) is 0 Å². The number of alkyl halides is 1. The molecule has 14 heavy (non-hydrogen) atoms. The summed E-state index contributed by atoms with van der Waals surface area (Å²) >= 11 is 0. The van der Waals surface area contributed by atoms with Crippen molar-refractivity contribution in [1.82, 2.24) is 0 Å². The quantitative estimate of drug-likeness (QED) is 0.801. The Bertz CT molecular complexity index is 299. The minimum absolute atomic E-state index is 0.0346. The highest BCUT2D eigenvalue weighted by Gasteiger charge is 2.09. The van der Waals surface area contributed by atoms with Gasteiger partial charge in [0, 0.05) is 11.6 Å². The van der Waals surface area contributed by atoms with E-state index >= 15 is 0 Å². The molecule has 0 aliphatic carbocycles. The number of methoxy groups -OCH3 is 1.